The van der Waals surface area contributed by atoms with Crippen LogP contribution in [0.2, 0.25) is 0 Å². The number of rotatable bonds is 22. The Hall–Kier alpha value is 0.520. The number of amides is 1. The van der Waals surface area contributed by atoms with E-state index in [4.69, 9.17) is 9.47 Å². The molecule has 0 aromatic rings. The molecule has 0 aliphatic rings. The maximum absolute atomic E-state index is 12.0. The van der Waals surface area contributed by atoms with Crippen molar-refractivity contribution in [2.45, 2.75) is 110 Å². The Morgan fingerprint density at radius 3 is 1.81 bits per heavy atom. The minimum absolute atomic E-state index is 0. The molecule has 0 spiro atoms. The standard InChI is InChI=1S/C23H44NO9P.2Na/c1-3-4-5-9-13-16-23(27)33-21(19-32-34(28,29)30)18-31-22(26)15-12-10-7-6-8-11-14-17-24-20(2)25;;/h21H,3-19H2,1-2H3,(H,24,25)(H2,28,29,30);;/q;2*+1/p-2/t21-;;/m1../s1. The second kappa shape index (κ2) is 27.1. The van der Waals surface area contributed by atoms with Gasteiger partial charge in [-0.1, -0.05) is 64.7 Å². The molecule has 0 bridgehead atoms. The van der Waals surface area contributed by atoms with Crippen LogP contribution in [-0.4, -0.2) is 43.7 Å². The Morgan fingerprint density at radius 1 is 0.778 bits per heavy atom. The van der Waals surface area contributed by atoms with Crippen LogP contribution in [0.3, 0.4) is 0 Å². The minimum Gasteiger partial charge on any atom is -0.790 e. The van der Waals surface area contributed by atoms with Gasteiger partial charge in [0.15, 0.2) is 6.10 Å². The molecule has 0 saturated heterocycles. The van der Waals surface area contributed by atoms with Gasteiger partial charge in [-0.15, -0.1) is 0 Å². The SMILES string of the molecule is CCCCCCCC(=O)O[C@H](COC(=O)CCCCCCCCCNC(C)=O)COP(=O)([O-])[O-].[Na+].[Na+]. The molecule has 0 aliphatic heterocycles. The molecule has 10 nitrogen and oxygen atoms in total. The normalized spacial score (nSPS) is 11.6. The van der Waals surface area contributed by atoms with Crippen molar-refractivity contribution >= 4 is 25.7 Å². The van der Waals surface area contributed by atoms with Crippen LogP contribution < -0.4 is 74.2 Å². The van der Waals surface area contributed by atoms with Crippen molar-refractivity contribution in [3.63, 3.8) is 0 Å². The number of hydrogen-bond acceptors (Lipinski definition) is 9. The molecular weight excluding hydrogens is 511 g/mol. The first kappa shape index (κ1) is 41.0. The van der Waals surface area contributed by atoms with E-state index in [9.17, 15) is 28.7 Å². The molecule has 0 radical (unpaired) electrons. The third kappa shape index (κ3) is 30.7. The fraction of sp³-hybridized carbons (Fsp3) is 0.870. The second-order valence-electron chi connectivity index (χ2n) is 8.41. The van der Waals surface area contributed by atoms with Gasteiger partial charge in [0, 0.05) is 26.3 Å². The molecule has 0 fully saturated rings. The number of ether oxygens (including phenoxy) is 2. The van der Waals surface area contributed by atoms with Crippen LogP contribution in [0.5, 0.6) is 0 Å². The van der Waals surface area contributed by atoms with E-state index in [0.29, 0.717) is 19.4 Å². The number of unbranched alkanes of at least 4 members (excludes halogenated alkanes) is 10. The number of carbonyl (C=O) groups excluding carboxylic acids is 3. The number of nitrogens with one attached hydrogen (secondary N) is 1. The largest absolute Gasteiger partial charge is 1.00 e. The summed E-state index contributed by atoms with van der Waals surface area (Å²) in [5.41, 5.74) is 0. The Kier molecular flexibility index (Phi) is 30.9. The summed E-state index contributed by atoms with van der Waals surface area (Å²) in [6.45, 7) is 3.24. The molecule has 0 rings (SSSR count). The molecule has 1 amide bonds. The number of esters is 2. The quantitative estimate of drug-likeness (QED) is 0.0636. The summed E-state index contributed by atoms with van der Waals surface area (Å²) in [4.78, 5) is 56.2. The molecule has 0 aromatic carbocycles. The smallest absolute Gasteiger partial charge is 0.790 e. The van der Waals surface area contributed by atoms with E-state index in [2.05, 4.69) is 16.8 Å². The van der Waals surface area contributed by atoms with E-state index in [0.717, 1.165) is 64.2 Å². The van der Waals surface area contributed by atoms with E-state index in [1.54, 1.807) is 0 Å². The van der Waals surface area contributed by atoms with Crippen LogP contribution in [0.4, 0.5) is 0 Å². The predicted octanol–water partition coefficient (Wildman–Crippen LogP) is -3.09. The third-order valence-corrected chi connectivity index (χ3v) is 5.53. The number of phosphoric acid groups is 1. The summed E-state index contributed by atoms with van der Waals surface area (Å²) < 4.78 is 25.2. The van der Waals surface area contributed by atoms with Crippen molar-refractivity contribution in [3.8, 4) is 0 Å². The van der Waals surface area contributed by atoms with Gasteiger partial charge in [-0.2, -0.15) is 0 Å². The van der Waals surface area contributed by atoms with Gasteiger partial charge in [0.2, 0.25) is 5.91 Å². The molecule has 1 N–H and O–H groups in total. The average molecular weight is 554 g/mol. The maximum atomic E-state index is 12.0. The van der Waals surface area contributed by atoms with Crippen molar-refractivity contribution in [1.29, 1.82) is 0 Å². The molecule has 0 saturated carbocycles. The Morgan fingerprint density at radius 2 is 1.28 bits per heavy atom. The van der Waals surface area contributed by atoms with Gasteiger partial charge in [-0.25, -0.2) is 0 Å². The van der Waals surface area contributed by atoms with Gasteiger partial charge in [0.1, 0.15) is 6.61 Å². The van der Waals surface area contributed by atoms with Crippen molar-refractivity contribution in [2.24, 2.45) is 0 Å². The van der Waals surface area contributed by atoms with E-state index < -0.39 is 32.5 Å². The first-order valence-corrected chi connectivity index (χ1v) is 13.9. The van der Waals surface area contributed by atoms with Crippen molar-refractivity contribution in [3.05, 3.63) is 0 Å². The van der Waals surface area contributed by atoms with Gasteiger partial charge >= 0.3 is 71.1 Å². The molecular formula is C23H42NNa2O9P. The van der Waals surface area contributed by atoms with Crippen molar-refractivity contribution in [1.82, 2.24) is 5.32 Å². The van der Waals surface area contributed by atoms with Crippen LogP contribution in [0.15, 0.2) is 0 Å². The number of phosphoric ester groups is 1. The van der Waals surface area contributed by atoms with Gasteiger partial charge in [-0.05, 0) is 19.3 Å². The summed E-state index contributed by atoms with van der Waals surface area (Å²) in [5.74, 6) is -1.05. The van der Waals surface area contributed by atoms with Gasteiger partial charge in [0.25, 0.3) is 0 Å². The molecule has 200 valence electrons. The Bertz CT molecular complexity index is 620. The number of carbonyl (C=O) groups is 3. The van der Waals surface area contributed by atoms with Crippen molar-refractivity contribution < 1.29 is 102 Å². The van der Waals surface area contributed by atoms with Crippen LogP contribution in [0.1, 0.15) is 104 Å². The first-order chi connectivity index (χ1) is 16.1. The third-order valence-electron chi connectivity index (χ3n) is 5.06. The molecule has 13 heteroatoms. The maximum Gasteiger partial charge on any atom is 1.00 e. The summed E-state index contributed by atoms with van der Waals surface area (Å²) >= 11 is 0. The van der Waals surface area contributed by atoms with Crippen LogP contribution in [0, 0.1) is 0 Å². The Labute approximate surface area is 260 Å². The molecule has 0 heterocycles. The summed E-state index contributed by atoms with van der Waals surface area (Å²) in [7, 11) is -5.24. The van der Waals surface area contributed by atoms with Crippen molar-refractivity contribution in [2.75, 3.05) is 19.8 Å². The first-order valence-electron chi connectivity index (χ1n) is 12.4. The number of hydrogen-bond donors (Lipinski definition) is 1. The van der Waals surface area contributed by atoms with Gasteiger partial charge in [0.05, 0.1) is 14.4 Å². The zero-order valence-electron chi connectivity index (χ0n) is 22.7. The van der Waals surface area contributed by atoms with Gasteiger partial charge < -0.3 is 33.7 Å². The Balaban J connectivity index is -0.00000544. The summed E-state index contributed by atoms with van der Waals surface area (Å²) in [5, 5.41) is 2.76. The minimum atomic E-state index is -5.24. The summed E-state index contributed by atoms with van der Waals surface area (Å²) in [6.07, 6.45) is 10.5. The topological polar surface area (TPSA) is 154 Å². The fourth-order valence-corrected chi connectivity index (χ4v) is 3.56. The van der Waals surface area contributed by atoms with E-state index >= 15 is 0 Å². The summed E-state index contributed by atoms with van der Waals surface area (Å²) in [6, 6.07) is 0. The zero-order valence-corrected chi connectivity index (χ0v) is 27.6. The van der Waals surface area contributed by atoms with E-state index in [1.807, 2.05) is 0 Å². The van der Waals surface area contributed by atoms with Crippen LogP contribution in [-0.2, 0) is 32.9 Å². The average Bonchev–Trinajstić information content (AvgIpc) is 2.76. The zero-order chi connectivity index (χ0) is 25.7. The second-order valence-corrected chi connectivity index (χ2v) is 9.56. The molecule has 1 atom stereocenters. The predicted molar refractivity (Wildman–Crippen MR) is 123 cm³/mol. The van der Waals surface area contributed by atoms with Crippen LogP contribution >= 0.6 is 7.82 Å². The fourth-order valence-electron chi connectivity index (χ4n) is 3.21. The monoisotopic (exact) mass is 553 g/mol. The van der Waals surface area contributed by atoms with E-state index in [1.165, 1.54) is 6.92 Å². The van der Waals surface area contributed by atoms with Gasteiger partial charge in [-0.3, -0.25) is 14.4 Å². The molecule has 0 aliphatic carbocycles. The van der Waals surface area contributed by atoms with E-state index in [-0.39, 0.29) is 84.5 Å². The molecule has 36 heavy (non-hydrogen) atoms. The van der Waals surface area contributed by atoms with Crippen LogP contribution in [0.25, 0.3) is 0 Å². The molecule has 0 unspecified atom stereocenters. The molecule has 0 aromatic heterocycles.